The van der Waals surface area contributed by atoms with Crippen molar-refractivity contribution in [1.29, 1.82) is 0 Å². The van der Waals surface area contributed by atoms with Crippen molar-refractivity contribution in [2.75, 3.05) is 13.2 Å². The molecule has 0 aliphatic carbocycles. The van der Waals surface area contributed by atoms with E-state index in [9.17, 15) is 8.42 Å². The monoisotopic (exact) mass is 290 g/mol. The number of nitrogens with one attached hydrogen (secondary N) is 1. The van der Waals surface area contributed by atoms with Gasteiger partial charge in [-0.1, -0.05) is 0 Å². The summed E-state index contributed by atoms with van der Waals surface area (Å²) >= 11 is 0. The van der Waals surface area contributed by atoms with Gasteiger partial charge in [-0.05, 0) is 26.8 Å². The molecule has 1 aromatic rings. The number of aliphatic hydroxyl groups is 1. The summed E-state index contributed by atoms with van der Waals surface area (Å²) in [5.74, 6) is 0. The van der Waals surface area contributed by atoms with E-state index in [4.69, 9.17) is 9.84 Å². The molecule has 0 aliphatic rings. The summed E-state index contributed by atoms with van der Waals surface area (Å²) in [6.07, 6.45) is 1.60. The van der Waals surface area contributed by atoms with Gasteiger partial charge in [0.25, 0.3) is 0 Å². The van der Waals surface area contributed by atoms with Gasteiger partial charge in [0, 0.05) is 25.0 Å². The van der Waals surface area contributed by atoms with Crippen LogP contribution in [0.25, 0.3) is 0 Å². The molecule has 2 N–H and O–H groups in total. The molecule has 0 aromatic carbocycles. The van der Waals surface area contributed by atoms with Gasteiger partial charge in [0.05, 0.1) is 24.2 Å². The fourth-order valence-electron chi connectivity index (χ4n) is 1.65. The van der Waals surface area contributed by atoms with Crippen molar-refractivity contribution >= 4 is 10.0 Å². The molecule has 7 heteroatoms. The van der Waals surface area contributed by atoms with Crippen LogP contribution in [0.3, 0.4) is 0 Å². The van der Waals surface area contributed by atoms with Crippen LogP contribution in [0.2, 0.25) is 0 Å². The Morgan fingerprint density at radius 2 is 2.16 bits per heavy atom. The third kappa shape index (κ3) is 4.61. The zero-order chi connectivity index (χ0) is 14.5. The van der Waals surface area contributed by atoms with Crippen LogP contribution in [-0.2, 0) is 27.9 Å². The Kier molecular flexibility index (Phi) is 5.99. The van der Waals surface area contributed by atoms with Gasteiger partial charge in [-0.25, -0.2) is 13.1 Å². The van der Waals surface area contributed by atoms with E-state index >= 15 is 0 Å². The van der Waals surface area contributed by atoms with Crippen LogP contribution in [0, 0.1) is 0 Å². The van der Waals surface area contributed by atoms with Crippen LogP contribution >= 0.6 is 0 Å². The summed E-state index contributed by atoms with van der Waals surface area (Å²) in [7, 11) is -3.54. The van der Waals surface area contributed by atoms with E-state index < -0.39 is 10.0 Å². The molecule has 0 bridgehead atoms. The summed E-state index contributed by atoms with van der Waals surface area (Å²) in [6, 6.07) is 1.48. The predicted octanol–water partition coefficient (Wildman–Crippen LogP) is 0.704. The molecule has 0 radical (unpaired) electrons. The third-order valence-corrected chi connectivity index (χ3v) is 4.05. The van der Waals surface area contributed by atoms with Crippen molar-refractivity contribution in [2.24, 2.45) is 0 Å². The lowest BCUT2D eigenvalue weighted by atomic mass is 10.4. The normalized spacial score (nSPS) is 12.3. The number of nitrogens with zero attached hydrogens (tertiary/aromatic N) is 1. The third-order valence-electron chi connectivity index (χ3n) is 2.62. The van der Waals surface area contributed by atoms with Crippen molar-refractivity contribution in [2.45, 2.75) is 44.9 Å². The predicted molar refractivity (Wildman–Crippen MR) is 72.3 cm³/mol. The molecule has 0 saturated heterocycles. The summed E-state index contributed by atoms with van der Waals surface area (Å²) in [4.78, 5) is 0.169. The van der Waals surface area contributed by atoms with E-state index in [1.165, 1.54) is 12.3 Å². The van der Waals surface area contributed by atoms with E-state index in [-0.39, 0.29) is 24.2 Å². The molecule has 110 valence electrons. The summed E-state index contributed by atoms with van der Waals surface area (Å²) in [5, 5.41) is 9.15. The number of aromatic nitrogens is 1. The smallest absolute Gasteiger partial charge is 0.242 e. The van der Waals surface area contributed by atoms with E-state index in [0.29, 0.717) is 18.8 Å². The van der Waals surface area contributed by atoms with Gasteiger partial charge in [0.15, 0.2) is 0 Å². The van der Waals surface area contributed by atoms with E-state index in [1.807, 2.05) is 20.8 Å². The second kappa shape index (κ2) is 7.04. The first kappa shape index (κ1) is 16.2. The van der Waals surface area contributed by atoms with Crippen molar-refractivity contribution in [1.82, 2.24) is 9.29 Å². The molecule has 0 saturated carbocycles. The number of rotatable bonds is 8. The number of hydrogen-bond acceptors (Lipinski definition) is 4. The Morgan fingerprint density at radius 3 is 2.63 bits per heavy atom. The fraction of sp³-hybridized carbons (Fsp3) is 0.667. The maximum absolute atomic E-state index is 12.0. The molecule has 1 heterocycles. The molecule has 1 rings (SSSR count). The molecular weight excluding hydrogens is 268 g/mol. The second-order valence-corrected chi connectivity index (χ2v) is 6.20. The average molecular weight is 290 g/mol. The highest BCUT2D eigenvalue weighted by Crippen LogP contribution is 2.14. The number of aliphatic hydroxyl groups excluding tert-OH is 1. The molecule has 6 nitrogen and oxygen atoms in total. The highest BCUT2D eigenvalue weighted by atomic mass is 32.2. The Labute approximate surface area is 114 Å². The van der Waals surface area contributed by atoms with Crippen molar-refractivity contribution in [3.8, 4) is 0 Å². The van der Waals surface area contributed by atoms with Gasteiger partial charge in [-0.15, -0.1) is 0 Å². The van der Waals surface area contributed by atoms with E-state index in [0.717, 1.165) is 0 Å². The Hall–Kier alpha value is -0.890. The first-order valence-corrected chi connectivity index (χ1v) is 7.80. The molecular formula is C12H22N2O4S. The molecule has 1 aromatic heterocycles. The zero-order valence-corrected chi connectivity index (χ0v) is 12.4. The van der Waals surface area contributed by atoms with Gasteiger partial charge in [0.2, 0.25) is 10.0 Å². The standard InChI is InChI=1S/C12H22N2O4S/c1-4-14-8-12(7-11(14)9-15)19(16,17)13-5-6-18-10(2)3/h7-8,10,13,15H,4-6,9H2,1-3H3. The maximum atomic E-state index is 12.0. The van der Waals surface area contributed by atoms with Gasteiger partial charge < -0.3 is 14.4 Å². The molecule has 0 unspecified atom stereocenters. The molecule has 0 spiro atoms. The number of aryl methyl sites for hydroxylation is 1. The van der Waals surface area contributed by atoms with Crippen LogP contribution < -0.4 is 4.72 Å². The second-order valence-electron chi connectivity index (χ2n) is 4.43. The first-order chi connectivity index (χ1) is 8.90. The molecule has 0 aliphatic heterocycles. The Balaban J connectivity index is 2.69. The summed E-state index contributed by atoms with van der Waals surface area (Å²) in [5.41, 5.74) is 0.585. The zero-order valence-electron chi connectivity index (χ0n) is 11.6. The molecule has 0 amide bonds. The van der Waals surface area contributed by atoms with Gasteiger partial charge >= 0.3 is 0 Å². The van der Waals surface area contributed by atoms with E-state index in [2.05, 4.69) is 4.72 Å². The van der Waals surface area contributed by atoms with E-state index in [1.54, 1.807) is 4.57 Å². The lowest BCUT2D eigenvalue weighted by molar-refractivity contribution is 0.0834. The number of sulfonamides is 1. The highest BCUT2D eigenvalue weighted by Gasteiger charge is 2.17. The van der Waals surface area contributed by atoms with Crippen LogP contribution in [0.15, 0.2) is 17.2 Å². The minimum atomic E-state index is -3.54. The topological polar surface area (TPSA) is 80.6 Å². The quantitative estimate of drug-likeness (QED) is 0.691. The minimum absolute atomic E-state index is 0.0756. The van der Waals surface area contributed by atoms with Crippen LogP contribution in [0.4, 0.5) is 0 Å². The SMILES string of the molecule is CCn1cc(S(=O)(=O)NCCOC(C)C)cc1CO. The Morgan fingerprint density at radius 1 is 1.47 bits per heavy atom. The van der Waals surface area contributed by atoms with Crippen LogP contribution in [-0.4, -0.2) is 37.3 Å². The van der Waals surface area contributed by atoms with Gasteiger partial charge in [-0.3, -0.25) is 0 Å². The van der Waals surface area contributed by atoms with Gasteiger partial charge in [0.1, 0.15) is 0 Å². The minimum Gasteiger partial charge on any atom is -0.390 e. The van der Waals surface area contributed by atoms with Crippen LogP contribution in [0.5, 0.6) is 0 Å². The van der Waals surface area contributed by atoms with Crippen LogP contribution in [0.1, 0.15) is 26.5 Å². The van der Waals surface area contributed by atoms with Crippen molar-refractivity contribution < 1.29 is 18.3 Å². The molecule has 0 atom stereocenters. The van der Waals surface area contributed by atoms with Crippen molar-refractivity contribution in [3.63, 3.8) is 0 Å². The fourth-order valence-corrected chi connectivity index (χ4v) is 2.73. The summed E-state index contributed by atoms with van der Waals surface area (Å²) < 4.78 is 33.5. The lowest BCUT2D eigenvalue weighted by Crippen LogP contribution is -2.28. The highest BCUT2D eigenvalue weighted by molar-refractivity contribution is 7.89. The first-order valence-electron chi connectivity index (χ1n) is 6.32. The van der Waals surface area contributed by atoms with Gasteiger partial charge in [-0.2, -0.15) is 0 Å². The average Bonchev–Trinajstić information content (AvgIpc) is 2.78. The van der Waals surface area contributed by atoms with Crippen molar-refractivity contribution in [3.05, 3.63) is 18.0 Å². The maximum Gasteiger partial charge on any atom is 0.242 e. The number of hydrogen-bond donors (Lipinski definition) is 2. The molecule has 19 heavy (non-hydrogen) atoms. The number of ether oxygens (including phenoxy) is 1. The Bertz CT molecular complexity index is 472. The largest absolute Gasteiger partial charge is 0.390 e. The lowest BCUT2D eigenvalue weighted by Gasteiger charge is -2.08. The summed E-state index contributed by atoms with van der Waals surface area (Å²) in [6.45, 7) is 6.67. The molecule has 0 fully saturated rings.